The van der Waals surface area contributed by atoms with E-state index in [1.807, 2.05) is 26.1 Å². The van der Waals surface area contributed by atoms with Crippen molar-refractivity contribution in [1.29, 1.82) is 0 Å². The quantitative estimate of drug-likeness (QED) is 0.804. The van der Waals surface area contributed by atoms with Gasteiger partial charge in [0.15, 0.2) is 0 Å². The average Bonchev–Trinajstić information content (AvgIpc) is 2.36. The minimum absolute atomic E-state index is 0.185. The average molecular weight is 300 g/mol. The Morgan fingerprint density at radius 1 is 1.25 bits per heavy atom. The van der Waals surface area contributed by atoms with Gasteiger partial charge in [-0.25, -0.2) is 13.1 Å². The lowest BCUT2D eigenvalue weighted by atomic mass is 10.1. The van der Waals surface area contributed by atoms with Crippen LogP contribution in [0.3, 0.4) is 0 Å². The van der Waals surface area contributed by atoms with Gasteiger partial charge in [-0.2, -0.15) is 0 Å². The molecule has 0 saturated carbocycles. The van der Waals surface area contributed by atoms with Gasteiger partial charge in [-0.05, 0) is 45.5 Å². The van der Waals surface area contributed by atoms with E-state index in [0.717, 1.165) is 5.56 Å². The minimum Gasteiger partial charge on any atom is -0.383 e. The van der Waals surface area contributed by atoms with Crippen molar-refractivity contribution >= 4 is 10.0 Å². The Labute approximate surface area is 121 Å². The summed E-state index contributed by atoms with van der Waals surface area (Å²) in [6.07, 6.45) is 0. The van der Waals surface area contributed by atoms with Crippen molar-refractivity contribution in [2.24, 2.45) is 0 Å². The van der Waals surface area contributed by atoms with Crippen LogP contribution in [0.2, 0.25) is 0 Å². The summed E-state index contributed by atoms with van der Waals surface area (Å²) in [5.41, 5.74) is 0.396. The number of benzene rings is 1. The highest BCUT2D eigenvalue weighted by Gasteiger charge is 2.26. The predicted octanol–water partition coefficient (Wildman–Crippen LogP) is 1.67. The number of ether oxygens (including phenoxy) is 1. The zero-order valence-electron chi connectivity index (χ0n) is 12.7. The summed E-state index contributed by atoms with van der Waals surface area (Å²) < 4.78 is 32.2. The Morgan fingerprint density at radius 3 is 2.25 bits per heavy atom. The van der Waals surface area contributed by atoms with E-state index in [9.17, 15) is 8.42 Å². The van der Waals surface area contributed by atoms with E-state index in [0.29, 0.717) is 6.61 Å². The second-order valence-corrected chi connectivity index (χ2v) is 7.18. The van der Waals surface area contributed by atoms with Crippen LogP contribution in [0.1, 0.15) is 32.4 Å². The van der Waals surface area contributed by atoms with Crippen molar-refractivity contribution in [3.63, 3.8) is 0 Å². The van der Waals surface area contributed by atoms with E-state index in [-0.39, 0.29) is 10.9 Å². The third-order valence-corrected chi connectivity index (χ3v) is 4.75. The Hall–Kier alpha value is -0.950. The molecule has 0 radical (unpaired) electrons. The molecule has 2 N–H and O–H groups in total. The fourth-order valence-electron chi connectivity index (χ4n) is 1.92. The highest BCUT2D eigenvalue weighted by molar-refractivity contribution is 7.89. The third-order valence-electron chi connectivity index (χ3n) is 3.04. The number of sulfonamides is 1. The summed E-state index contributed by atoms with van der Waals surface area (Å²) >= 11 is 0. The highest BCUT2D eigenvalue weighted by atomic mass is 32.2. The van der Waals surface area contributed by atoms with Crippen LogP contribution < -0.4 is 10.0 Å². The summed E-state index contributed by atoms with van der Waals surface area (Å²) in [5, 5.41) is 3.11. The first-order chi connectivity index (χ1) is 9.22. The summed E-state index contributed by atoms with van der Waals surface area (Å²) in [6, 6.07) is 7.06. The van der Waals surface area contributed by atoms with Gasteiger partial charge in [-0.1, -0.05) is 12.1 Å². The molecule has 5 nitrogen and oxygen atoms in total. The molecular weight excluding hydrogens is 276 g/mol. The lowest BCUT2D eigenvalue weighted by Crippen LogP contribution is -2.46. The van der Waals surface area contributed by atoms with Gasteiger partial charge in [-0.15, -0.1) is 0 Å². The zero-order valence-corrected chi connectivity index (χ0v) is 13.5. The topological polar surface area (TPSA) is 67.4 Å². The smallest absolute Gasteiger partial charge is 0.241 e. The van der Waals surface area contributed by atoms with Crippen molar-refractivity contribution in [2.45, 2.75) is 37.2 Å². The molecule has 0 aliphatic heterocycles. The summed E-state index contributed by atoms with van der Waals surface area (Å²) in [6.45, 7) is 5.89. The monoisotopic (exact) mass is 300 g/mol. The first-order valence-corrected chi connectivity index (χ1v) is 8.00. The Morgan fingerprint density at radius 2 is 1.80 bits per heavy atom. The molecule has 0 fully saturated rings. The number of rotatable bonds is 7. The molecular formula is C14H24N2O3S. The van der Waals surface area contributed by atoms with Crippen LogP contribution in [0.5, 0.6) is 0 Å². The molecule has 0 aromatic heterocycles. The molecule has 0 aliphatic carbocycles. The first-order valence-electron chi connectivity index (χ1n) is 6.52. The minimum atomic E-state index is -3.54. The van der Waals surface area contributed by atoms with Crippen molar-refractivity contribution < 1.29 is 13.2 Å². The maximum absolute atomic E-state index is 12.3. The van der Waals surface area contributed by atoms with Gasteiger partial charge in [0.2, 0.25) is 10.0 Å². The Bertz CT molecular complexity index is 524. The fraction of sp³-hybridized carbons (Fsp3) is 0.571. The maximum Gasteiger partial charge on any atom is 0.241 e. The first kappa shape index (κ1) is 17.1. The van der Waals surface area contributed by atoms with E-state index < -0.39 is 15.6 Å². The Kier molecular flexibility index (Phi) is 5.70. The van der Waals surface area contributed by atoms with Crippen molar-refractivity contribution in [3.8, 4) is 0 Å². The van der Waals surface area contributed by atoms with Gasteiger partial charge < -0.3 is 10.1 Å². The van der Waals surface area contributed by atoms with Gasteiger partial charge in [0.1, 0.15) is 0 Å². The van der Waals surface area contributed by atoms with Crippen LogP contribution in [-0.4, -0.2) is 34.7 Å². The van der Waals surface area contributed by atoms with E-state index in [2.05, 4.69) is 10.0 Å². The SMILES string of the molecule is CNC(C)c1ccc(S(=O)(=O)NC(C)(C)COC)cc1. The largest absolute Gasteiger partial charge is 0.383 e. The lowest BCUT2D eigenvalue weighted by molar-refractivity contribution is 0.141. The molecule has 0 aliphatic rings. The second-order valence-electron chi connectivity index (χ2n) is 5.50. The zero-order chi connectivity index (χ0) is 15.4. The highest BCUT2D eigenvalue weighted by Crippen LogP contribution is 2.17. The van der Waals surface area contributed by atoms with Gasteiger partial charge >= 0.3 is 0 Å². The van der Waals surface area contributed by atoms with E-state index in [4.69, 9.17) is 4.74 Å². The molecule has 0 bridgehead atoms. The van der Waals surface area contributed by atoms with Crippen LogP contribution in [-0.2, 0) is 14.8 Å². The lowest BCUT2D eigenvalue weighted by Gasteiger charge is -2.25. The van der Waals surface area contributed by atoms with E-state index in [1.54, 1.807) is 33.1 Å². The molecule has 0 amide bonds. The molecule has 6 heteroatoms. The second kappa shape index (κ2) is 6.67. The normalized spacial score (nSPS) is 14.2. The molecule has 1 aromatic rings. The predicted molar refractivity (Wildman–Crippen MR) is 80.2 cm³/mol. The molecule has 0 saturated heterocycles. The number of methoxy groups -OCH3 is 1. The number of hydrogen-bond acceptors (Lipinski definition) is 4. The summed E-state index contributed by atoms with van der Waals surface area (Å²) in [5.74, 6) is 0. The molecule has 114 valence electrons. The van der Waals surface area contributed by atoms with Gasteiger partial charge in [-0.3, -0.25) is 0 Å². The summed E-state index contributed by atoms with van der Waals surface area (Å²) in [4.78, 5) is 0.258. The third kappa shape index (κ3) is 4.56. The summed E-state index contributed by atoms with van der Waals surface area (Å²) in [7, 11) is -0.129. The molecule has 1 unspecified atom stereocenters. The van der Waals surface area contributed by atoms with Crippen LogP contribution in [0.4, 0.5) is 0 Å². The van der Waals surface area contributed by atoms with Crippen LogP contribution in [0, 0.1) is 0 Å². The van der Waals surface area contributed by atoms with Crippen molar-refractivity contribution in [3.05, 3.63) is 29.8 Å². The maximum atomic E-state index is 12.3. The van der Waals surface area contributed by atoms with Crippen molar-refractivity contribution in [1.82, 2.24) is 10.0 Å². The molecule has 1 atom stereocenters. The molecule has 0 spiro atoms. The standard InChI is InChI=1S/C14H24N2O3S/c1-11(15-4)12-6-8-13(9-7-12)20(17,18)16-14(2,3)10-19-5/h6-9,11,15-16H,10H2,1-5H3. The van der Waals surface area contributed by atoms with Crippen LogP contribution in [0.15, 0.2) is 29.2 Å². The van der Waals surface area contributed by atoms with Crippen molar-refractivity contribution in [2.75, 3.05) is 20.8 Å². The fourth-order valence-corrected chi connectivity index (χ4v) is 3.31. The van der Waals surface area contributed by atoms with Gasteiger partial charge in [0.25, 0.3) is 0 Å². The molecule has 0 heterocycles. The number of hydrogen-bond donors (Lipinski definition) is 2. The Balaban J connectivity index is 2.93. The van der Waals surface area contributed by atoms with E-state index >= 15 is 0 Å². The number of nitrogens with one attached hydrogen (secondary N) is 2. The van der Waals surface area contributed by atoms with Crippen LogP contribution in [0.25, 0.3) is 0 Å². The molecule has 1 aromatic carbocycles. The van der Waals surface area contributed by atoms with E-state index in [1.165, 1.54) is 0 Å². The van der Waals surface area contributed by atoms with Crippen LogP contribution >= 0.6 is 0 Å². The van der Waals surface area contributed by atoms with Gasteiger partial charge in [0, 0.05) is 13.2 Å². The molecule has 1 rings (SSSR count). The molecule has 20 heavy (non-hydrogen) atoms. The van der Waals surface area contributed by atoms with Gasteiger partial charge in [0.05, 0.1) is 17.0 Å².